The number of hydrogen-bond donors (Lipinski definition) is 1. The lowest BCUT2D eigenvalue weighted by Gasteiger charge is -2.39. The summed E-state index contributed by atoms with van der Waals surface area (Å²) in [6.07, 6.45) is 4.45. The van der Waals surface area contributed by atoms with Crippen molar-refractivity contribution in [3.63, 3.8) is 0 Å². The Morgan fingerprint density at radius 2 is 2.14 bits per heavy atom. The minimum Gasteiger partial charge on any atom is -0.461 e. The summed E-state index contributed by atoms with van der Waals surface area (Å²) in [5.74, 6) is -2.33. The van der Waals surface area contributed by atoms with Crippen LogP contribution in [-0.4, -0.2) is 69.6 Å². The van der Waals surface area contributed by atoms with Gasteiger partial charge in [0, 0.05) is 11.8 Å². The molecule has 3 aliphatic rings. The number of carbonyl (C=O) groups is 3. The van der Waals surface area contributed by atoms with Crippen LogP contribution in [0.3, 0.4) is 0 Å². The van der Waals surface area contributed by atoms with E-state index in [1.54, 1.807) is 35.7 Å². The molecule has 1 aromatic rings. The van der Waals surface area contributed by atoms with Gasteiger partial charge in [0.05, 0.1) is 39.9 Å². The van der Waals surface area contributed by atoms with Crippen LogP contribution in [0.15, 0.2) is 43.5 Å². The molecule has 0 saturated carbocycles. The Hall–Kier alpha value is -2.29. The normalized spacial score (nSPS) is 29.6. The molecule has 3 fully saturated rings. The predicted molar refractivity (Wildman–Crippen MR) is 137 cm³/mol. The molecule has 9 heteroatoms. The molecule has 6 atom stereocenters. The van der Waals surface area contributed by atoms with Gasteiger partial charge in [0.2, 0.25) is 5.91 Å². The van der Waals surface area contributed by atoms with E-state index in [-0.39, 0.29) is 36.8 Å². The highest BCUT2D eigenvalue weighted by molar-refractivity contribution is 8.02. The van der Waals surface area contributed by atoms with Gasteiger partial charge in [-0.15, -0.1) is 18.3 Å². The molecule has 1 spiro atoms. The lowest BCUT2D eigenvalue weighted by atomic mass is 9.71. The van der Waals surface area contributed by atoms with E-state index in [0.717, 1.165) is 5.56 Å². The van der Waals surface area contributed by atoms with Gasteiger partial charge in [-0.3, -0.25) is 14.4 Å². The van der Waals surface area contributed by atoms with Gasteiger partial charge in [-0.1, -0.05) is 42.5 Å². The Morgan fingerprint density at radius 1 is 1.40 bits per heavy atom. The van der Waals surface area contributed by atoms with Gasteiger partial charge in [0.15, 0.2) is 0 Å². The average Bonchev–Trinajstić information content (AvgIpc) is 3.48. The Kier molecular flexibility index (Phi) is 7.36. The molecular weight excluding hydrogens is 488 g/mol. The third-order valence-corrected chi connectivity index (χ3v) is 9.62. The van der Waals surface area contributed by atoms with Crippen LogP contribution in [0.25, 0.3) is 0 Å². The zero-order valence-corrected chi connectivity index (χ0v) is 21.6. The van der Waals surface area contributed by atoms with Gasteiger partial charge in [0.1, 0.15) is 12.6 Å². The number of aliphatic hydroxyl groups excluding tert-OH is 1. The summed E-state index contributed by atoms with van der Waals surface area (Å²) in [6.45, 7) is 11.0. The second-order valence-corrected chi connectivity index (χ2v) is 11.4. The minimum atomic E-state index is -0.857. The van der Waals surface area contributed by atoms with E-state index < -0.39 is 34.6 Å². The molecule has 0 aromatic heterocycles. The van der Waals surface area contributed by atoms with E-state index in [9.17, 15) is 19.5 Å². The van der Waals surface area contributed by atoms with Crippen molar-refractivity contribution < 1.29 is 24.2 Å². The second kappa shape index (κ2) is 9.99. The lowest BCUT2D eigenvalue weighted by molar-refractivity contribution is -0.153. The number of amides is 2. The highest BCUT2D eigenvalue weighted by Gasteiger charge is 2.74. The number of halogens is 1. The molecule has 2 bridgehead atoms. The van der Waals surface area contributed by atoms with Crippen molar-refractivity contribution in [2.24, 2.45) is 11.8 Å². The van der Waals surface area contributed by atoms with Gasteiger partial charge in [0.25, 0.3) is 5.91 Å². The van der Waals surface area contributed by atoms with E-state index in [2.05, 4.69) is 13.2 Å². The number of aliphatic hydroxyl groups is 1. The Bertz CT molecular complexity index is 1040. The number of ether oxygens (including phenoxy) is 1. The number of para-hydroxylation sites is 1. The van der Waals surface area contributed by atoms with Crippen LogP contribution in [0.4, 0.5) is 5.69 Å². The van der Waals surface area contributed by atoms with Crippen LogP contribution in [-0.2, 0) is 19.1 Å². The zero-order valence-electron chi connectivity index (χ0n) is 20.0. The number of aryl methyl sites for hydroxylation is 1. The minimum absolute atomic E-state index is 0.0681. The van der Waals surface area contributed by atoms with Crippen LogP contribution in [0.1, 0.15) is 25.3 Å². The Morgan fingerprint density at radius 3 is 2.77 bits per heavy atom. The van der Waals surface area contributed by atoms with Gasteiger partial charge in [-0.2, -0.15) is 0 Å². The number of nitrogens with zero attached hydrogens (tertiary/aromatic N) is 2. The Balaban J connectivity index is 1.81. The summed E-state index contributed by atoms with van der Waals surface area (Å²) in [5, 5.41) is 10.3. The Labute approximate surface area is 215 Å². The number of rotatable bonds is 9. The number of hydrogen-bond acceptors (Lipinski definition) is 6. The first-order valence-electron chi connectivity index (χ1n) is 11.8. The fourth-order valence-electron chi connectivity index (χ4n) is 5.97. The largest absolute Gasteiger partial charge is 0.461 e. The van der Waals surface area contributed by atoms with E-state index >= 15 is 0 Å². The first-order chi connectivity index (χ1) is 16.7. The number of thioether (sulfide) groups is 1. The molecule has 7 nitrogen and oxygen atoms in total. The smallest absolute Gasteiger partial charge is 0.311 e. The van der Waals surface area contributed by atoms with Crippen molar-refractivity contribution in [1.29, 1.82) is 0 Å². The van der Waals surface area contributed by atoms with Crippen LogP contribution in [0.5, 0.6) is 0 Å². The van der Waals surface area contributed by atoms with Crippen molar-refractivity contribution in [3.05, 3.63) is 54.1 Å². The second-order valence-electron chi connectivity index (χ2n) is 9.39. The average molecular weight is 519 g/mol. The van der Waals surface area contributed by atoms with E-state index in [1.165, 1.54) is 11.0 Å². The predicted octanol–water partition coefficient (Wildman–Crippen LogP) is 3.37. The van der Waals surface area contributed by atoms with Crippen LogP contribution in [0, 0.1) is 18.8 Å². The van der Waals surface area contributed by atoms with Crippen LogP contribution < -0.4 is 4.90 Å². The molecule has 3 saturated heterocycles. The first-order valence-corrected chi connectivity index (χ1v) is 13.0. The SMILES string of the molecule is C=CCOC(=O)[C@@H]1[C@@H]2CCC3(S2)C(C(=O)N(CC=C)c2c(C)cccc2Cl)N([C@H](C)CO)C(=O)[C@H]13. The molecule has 0 radical (unpaired) electrons. The maximum absolute atomic E-state index is 14.4. The number of carbonyl (C=O) groups excluding carboxylic acids is 3. The van der Waals surface area contributed by atoms with Crippen molar-refractivity contribution >= 4 is 46.8 Å². The molecule has 3 heterocycles. The fraction of sp³-hybridized carbons (Fsp3) is 0.500. The lowest BCUT2D eigenvalue weighted by Crippen LogP contribution is -2.57. The molecule has 1 aromatic carbocycles. The number of likely N-dealkylation sites (tertiary alicyclic amines) is 1. The van der Waals surface area contributed by atoms with Crippen molar-refractivity contribution in [1.82, 2.24) is 4.90 Å². The summed E-state index contributed by atoms with van der Waals surface area (Å²) >= 11 is 8.10. The molecule has 1 N–H and O–H groups in total. The molecule has 4 rings (SSSR count). The summed E-state index contributed by atoms with van der Waals surface area (Å²) in [7, 11) is 0. The monoisotopic (exact) mass is 518 g/mol. The van der Waals surface area contributed by atoms with E-state index in [1.807, 2.05) is 19.1 Å². The number of esters is 1. The van der Waals surface area contributed by atoms with Crippen molar-refractivity contribution in [2.45, 2.75) is 48.8 Å². The molecule has 2 amide bonds. The highest BCUT2D eigenvalue weighted by Crippen LogP contribution is 2.67. The topological polar surface area (TPSA) is 87.2 Å². The maximum Gasteiger partial charge on any atom is 0.311 e. The van der Waals surface area contributed by atoms with E-state index in [0.29, 0.717) is 23.6 Å². The molecule has 0 aliphatic carbocycles. The van der Waals surface area contributed by atoms with Crippen LogP contribution >= 0.6 is 23.4 Å². The molecule has 3 aliphatic heterocycles. The van der Waals surface area contributed by atoms with Gasteiger partial charge >= 0.3 is 5.97 Å². The maximum atomic E-state index is 14.4. The number of anilines is 1. The third-order valence-electron chi connectivity index (χ3n) is 7.36. The molecule has 2 unspecified atom stereocenters. The molecular formula is C26H31ClN2O5S. The number of fused-ring (bicyclic) bond motifs is 1. The van der Waals surface area contributed by atoms with Crippen molar-refractivity contribution in [3.8, 4) is 0 Å². The fourth-order valence-corrected chi connectivity index (χ4v) is 8.48. The third kappa shape index (κ3) is 3.99. The summed E-state index contributed by atoms with van der Waals surface area (Å²) in [4.78, 5) is 44.4. The molecule has 188 valence electrons. The van der Waals surface area contributed by atoms with Gasteiger partial charge < -0.3 is 19.6 Å². The summed E-state index contributed by atoms with van der Waals surface area (Å²) in [6, 6.07) is 3.97. The zero-order chi connectivity index (χ0) is 25.5. The van der Waals surface area contributed by atoms with Crippen molar-refractivity contribution in [2.75, 3.05) is 24.7 Å². The van der Waals surface area contributed by atoms with E-state index in [4.69, 9.17) is 16.3 Å². The standard InChI is InChI=1S/C26H31ClN2O5S/c1-5-12-28(21-15(3)8-7-9-17(21)27)24(32)22-26-11-10-18(35-26)19(25(33)34-13-6-2)20(26)23(31)29(22)16(4)14-30/h5-9,16,18-20,22,30H,1-2,10-14H2,3-4H3/t16-,18+,19-,20+,22?,26?/m1/s1. The van der Waals surface area contributed by atoms with Gasteiger partial charge in [-0.25, -0.2) is 0 Å². The molecule has 35 heavy (non-hydrogen) atoms. The summed E-state index contributed by atoms with van der Waals surface area (Å²) in [5.41, 5.74) is 1.39. The first kappa shape index (κ1) is 25.8. The summed E-state index contributed by atoms with van der Waals surface area (Å²) < 4.78 is 4.59. The highest BCUT2D eigenvalue weighted by atomic mass is 35.5. The number of benzene rings is 1. The van der Waals surface area contributed by atoms with Crippen LogP contribution in [0.2, 0.25) is 5.02 Å². The van der Waals surface area contributed by atoms with Gasteiger partial charge in [-0.05, 0) is 38.3 Å². The quantitative estimate of drug-likeness (QED) is 0.398.